The third-order valence-electron chi connectivity index (χ3n) is 4.81. The van der Waals surface area contributed by atoms with Crippen LogP contribution in [0, 0.1) is 0 Å². The maximum absolute atomic E-state index is 12.4. The van der Waals surface area contributed by atoms with Crippen LogP contribution in [0.1, 0.15) is 42.7 Å². The average Bonchev–Trinajstić information content (AvgIpc) is 3.05. The second-order valence-electron chi connectivity index (χ2n) is 7.39. The highest BCUT2D eigenvalue weighted by atomic mass is 32.2. The molecule has 2 aromatic heterocycles. The second-order valence-corrected chi connectivity index (χ2v) is 10.2. The molecule has 0 unspecified atom stereocenters. The van der Waals surface area contributed by atoms with E-state index >= 15 is 0 Å². The van der Waals surface area contributed by atoms with Gasteiger partial charge in [0.15, 0.2) is 0 Å². The Labute approximate surface area is 169 Å². The zero-order valence-electron chi connectivity index (χ0n) is 16.0. The summed E-state index contributed by atoms with van der Waals surface area (Å²) in [6.07, 6.45) is 6.24. The first-order valence-corrected chi connectivity index (χ1v) is 11.8. The van der Waals surface area contributed by atoms with Gasteiger partial charge in [0.05, 0.1) is 10.3 Å². The molecule has 0 aliphatic heterocycles. The Morgan fingerprint density at radius 3 is 2.82 bits per heavy atom. The summed E-state index contributed by atoms with van der Waals surface area (Å²) in [7, 11) is -3.50. The van der Waals surface area contributed by atoms with Gasteiger partial charge in [0, 0.05) is 17.5 Å². The summed E-state index contributed by atoms with van der Waals surface area (Å²) in [5.41, 5.74) is 2.27. The molecule has 6 nitrogen and oxygen atoms in total. The number of aryl methyl sites for hydroxylation is 2. The van der Waals surface area contributed by atoms with Crippen molar-refractivity contribution in [2.24, 2.45) is 0 Å². The number of aromatic nitrogens is 2. The third kappa shape index (κ3) is 3.90. The minimum atomic E-state index is -3.50. The van der Waals surface area contributed by atoms with Gasteiger partial charge >= 0.3 is 0 Å². The lowest BCUT2D eigenvalue weighted by Crippen LogP contribution is -2.30. The Morgan fingerprint density at radius 1 is 1.18 bits per heavy atom. The van der Waals surface area contributed by atoms with Crippen LogP contribution in [-0.2, 0) is 29.4 Å². The van der Waals surface area contributed by atoms with Gasteiger partial charge in [-0.25, -0.2) is 23.1 Å². The van der Waals surface area contributed by atoms with Crippen molar-refractivity contribution in [2.45, 2.75) is 57.0 Å². The smallest absolute Gasteiger partial charge is 0.240 e. The lowest BCUT2D eigenvalue weighted by atomic mass is 9.97. The van der Waals surface area contributed by atoms with Gasteiger partial charge in [0.25, 0.3) is 0 Å². The summed E-state index contributed by atoms with van der Waals surface area (Å²) in [4.78, 5) is 11.7. The SMILES string of the molecule is CC(C)NS(=O)(=O)c1cccc(CNc2ncnc3sc4c(c23)CCCC4)c1. The van der Waals surface area contributed by atoms with Crippen LogP contribution in [0.2, 0.25) is 0 Å². The fourth-order valence-electron chi connectivity index (χ4n) is 3.61. The molecule has 1 aromatic carbocycles. The highest BCUT2D eigenvalue weighted by molar-refractivity contribution is 7.89. The van der Waals surface area contributed by atoms with Gasteiger partial charge in [0.2, 0.25) is 10.0 Å². The molecular formula is C20H24N4O2S2. The number of rotatable bonds is 6. The number of sulfonamides is 1. The van der Waals surface area contributed by atoms with E-state index in [1.807, 2.05) is 19.9 Å². The van der Waals surface area contributed by atoms with Crippen LogP contribution in [0.25, 0.3) is 10.2 Å². The standard InChI is InChI=1S/C20H24N4O2S2/c1-13(2)24-28(25,26)15-7-5-6-14(10-15)11-21-19-18-16-8-3-4-9-17(16)27-20(18)23-12-22-19/h5-7,10,12-13,24H,3-4,8-9,11H2,1-2H3,(H,21,22,23). The fourth-order valence-corrected chi connectivity index (χ4v) is 6.16. The number of fused-ring (bicyclic) bond motifs is 3. The largest absolute Gasteiger partial charge is 0.365 e. The first-order valence-electron chi connectivity index (χ1n) is 9.54. The third-order valence-corrected chi connectivity index (χ3v) is 7.67. The van der Waals surface area contributed by atoms with Crippen LogP contribution in [0.4, 0.5) is 5.82 Å². The van der Waals surface area contributed by atoms with Crippen LogP contribution in [0.3, 0.4) is 0 Å². The molecule has 2 N–H and O–H groups in total. The molecule has 28 heavy (non-hydrogen) atoms. The number of hydrogen-bond donors (Lipinski definition) is 2. The Hall–Kier alpha value is -2.03. The molecule has 0 saturated heterocycles. The number of hydrogen-bond acceptors (Lipinski definition) is 6. The molecule has 0 fully saturated rings. The Balaban J connectivity index is 1.59. The van der Waals surface area contributed by atoms with E-state index in [4.69, 9.17) is 0 Å². The molecule has 0 saturated carbocycles. The van der Waals surface area contributed by atoms with Crippen LogP contribution < -0.4 is 10.0 Å². The van der Waals surface area contributed by atoms with Gasteiger partial charge in [-0.05, 0) is 62.8 Å². The van der Waals surface area contributed by atoms with E-state index in [0.29, 0.717) is 6.54 Å². The van der Waals surface area contributed by atoms with Crippen LogP contribution in [0.15, 0.2) is 35.5 Å². The quantitative estimate of drug-likeness (QED) is 0.637. The second kappa shape index (κ2) is 7.77. The molecule has 4 rings (SSSR count). The van der Waals surface area contributed by atoms with E-state index in [1.165, 1.54) is 23.3 Å². The molecule has 3 aromatic rings. The van der Waals surface area contributed by atoms with E-state index in [9.17, 15) is 8.42 Å². The summed E-state index contributed by atoms with van der Waals surface area (Å²) in [6.45, 7) is 4.12. The Kier molecular flexibility index (Phi) is 5.35. The van der Waals surface area contributed by atoms with Crippen molar-refractivity contribution in [3.8, 4) is 0 Å². The van der Waals surface area contributed by atoms with E-state index in [0.717, 1.165) is 34.4 Å². The summed E-state index contributed by atoms with van der Waals surface area (Å²) in [6, 6.07) is 6.87. The molecule has 2 heterocycles. The zero-order valence-corrected chi connectivity index (χ0v) is 17.7. The molecule has 8 heteroatoms. The first-order chi connectivity index (χ1) is 13.4. The molecule has 1 aliphatic carbocycles. The van der Waals surface area contributed by atoms with E-state index in [-0.39, 0.29) is 10.9 Å². The van der Waals surface area contributed by atoms with Gasteiger partial charge in [-0.2, -0.15) is 0 Å². The van der Waals surface area contributed by atoms with Crippen molar-refractivity contribution in [1.82, 2.24) is 14.7 Å². The number of anilines is 1. The maximum Gasteiger partial charge on any atom is 0.240 e. The van der Waals surface area contributed by atoms with Gasteiger partial charge in [-0.1, -0.05) is 12.1 Å². The predicted molar refractivity (Wildman–Crippen MR) is 113 cm³/mol. The lowest BCUT2D eigenvalue weighted by molar-refractivity contribution is 0.569. The van der Waals surface area contributed by atoms with Crippen LogP contribution >= 0.6 is 11.3 Å². The van der Waals surface area contributed by atoms with Crippen molar-refractivity contribution in [1.29, 1.82) is 0 Å². The average molecular weight is 417 g/mol. The van der Waals surface area contributed by atoms with Crippen LogP contribution in [-0.4, -0.2) is 24.4 Å². The van der Waals surface area contributed by atoms with Gasteiger partial charge in [-0.3, -0.25) is 0 Å². The monoisotopic (exact) mass is 416 g/mol. The van der Waals surface area contributed by atoms with E-state index in [1.54, 1.807) is 35.9 Å². The number of thiophene rings is 1. The summed E-state index contributed by atoms with van der Waals surface area (Å²) >= 11 is 1.77. The van der Waals surface area contributed by atoms with Gasteiger partial charge < -0.3 is 5.32 Å². The van der Waals surface area contributed by atoms with Crippen LogP contribution in [0.5, 0.6) is 0 Å². The summed E-state index contributed by atoms with van der Waals surface area (Å²) < 4.78 is 27.5. The number of nitrogens with zero attached hydrogens (tertiary/aromatic N) is 2. The first kappa shape index (κ1) is 19.3. The molecule has 0 atom stereocenters. The Morgan fingerprint density at radius 2 is 2.00 bits per heavy atom. The lowest BCUT2D eigenvalue weighted by Gasteiger charge is -2.13. The zero-order chi connectivity index (χ0) is 19.7. The molecule has 0 amide bonds. The van der Waals surface area contributed by atoms with E-state index < -0.39 is 10.0 Å². The van der Waals surface area contributed by atoms with Crippen molar-refractivity contribution < 1.29 is 8.42 Å². The summed E-state index contributed by atoms with van der Waals surface area (Å²) in [5.74, 6) is 0.831. The minimum absolute atomic E-state index is 0.147. The van der Waals surface area contributed by atoms with Crippen molar-refractivity contribution in [3.05, 3.63) is 46.6 Å². The van der Waals surface area contributed by atoms with E-state index in [2.05, 4.69) is 20.0 Å². The molecule has 148 valence electrons. The fraction of sp³-hybridized carbons (Fsp3) is 0.400. The molecule has 0 spiro atoms. The normalized spacial score (nSPS) is 14.4. The molecule has 0 bridgehead atoms. The summed E-state index contributed by atoms with van der Waals surface area (Å²) in [5, 5.41) is 4.53. The topological polar surface area (TPSA) is 84.0 Å². The van der Waals surface area contributed by atoms with Crippen molar-refractivity contribution in [2.75, 3.05) is 5.32 Å². The van der Waals surface area contributed by atoms with Crippen molar-refractivity contribution in [3.63, 3.8) is 0 Å². The highest BCUT2D eigenvalue weighted by Crippen LogP contribution is 2.38. The minimum Gasteiger partial charge on any atom is -0.365 e. The molecule has 0 radical (unpaired) electrons. The predicted octanol–water partition coefficient (Wildman–Crippen LogP) is 3.87. The Bertz CT molecular complexity index is 1110. The maximum atomic E-state index is 12.4. The number of nitrogens with one attached hydrogen (secondary N) is 2. The van der Waals surface area contributed by atoms with Crippen molar-refractivity contribution >= 4 is 37.4 Å². The number of benzene rings is 1. The molecule has 1 aliphatic rings. The molecular weight excluding hydrogens is 392 g/mol. The highest BCUT2D eigenvalue weighted by Gasteiger charge is 2.20. The van der Waals surface area contributed by atoms with Gasteiger partial charge in [-0.15, -0.1) is 11.3 Å². The van der Waals surface area contributed by atoms with Gasteiger partial charge in [0.1, 0.15) is 17.0 Å².